The first-order valence-corrected chi connectivity index (χ1v) is 7.83. The summed E-state index contributed by atoms with van der Waals surface area (Å²) in [6, 6.07) is 15.1. The zero-order valence-electron chi connectivity index (χ0n) is 12.6. The first kappa shape index (κ1) is 13.9. The summed E-state index contributed by atoms with van der Waals surface area (Å²) >= 11 is 0. The molecule has 0 saturated heterocycles. The first-order valence-electron chi connectivity index (χ1n) is 7.83. The van der Waals surface area contributed by atoms with Gasteiger partial charge in [0.05, 0.1) is 10.4 Å². The van der Waals surface area contributed by atoms with Crippen LogP contribution in [0.2, 0.25) is 0 Å². The lowest BCUT2D eigenvalue weighted by atomic mass is 9.96. The summed E-state index contributed by atoms with van der Waals surface area (Å²) in [6.45, 7) is 0. The molecule has 0 atom stereocenters. The molecule has 23 heavy (non-hydrogen) atoms. The second kappa shape index (κ2) is 5.47. The maximum atomic E-state index is 11.1. The number of benzene rings is 2. The molecule has 4 nitrogen and oxygen atoms in total. The lowest BCUT2D eigenvalue weighted by molar-refractivity contribution is -0.384. The Morgan fingerprint density at radius 3 is 2.78 bits per heavy atom. The van der Waals surface area contributed by atoms with Crippen LogP contribution in [0.3, 0.4) is 0 Å². The Hall–Kier alpha value is -2.75. The lowest BCUT2D eigenvalue weighted by Crippen LogP contribution is -1.93. The second-order valence-electron chi connectivity index (χ2n) is 6.17. The Balaban J connectivity index is 1.89. The number of hydrogen-bond donors (Lipinski definition) is 0. The molecule has 4 heteroatoms. The molecule has 1 aliphatic rings. The largest absolute Gasteiger partial charge is 0.270 e. The monoisotopic (exact) mass is 304 g/mol. The number of aromatic nitrogens is 1. The van der Waals surface area contributed by atoms with Crippen LogP contribution in [0.25, 0.3) is 22.0 Å². The lowest BCUT2D eigenvalue weighted by Gasteiger charge is -2.10. The van der Waals surface area contributed by atoms with Crippen molar-refractivity contribution in [2.45, 2.75) is 19.3 Å². The number of nitro groups is 1. The smallest absolute Gasteiger partial charge is 0.258 e. The maximum Gasteiger partial charge on any atom is 0.270 e. The Bertz CT molecular complexity index is 901. The highest BCUT2D eigenvalue weighted by atomic mass is 16.6. The average molecular weight is 304 g/mol. The molecule has 1 aliphatic carbocycles. The van der Waals surface area contributed by atoms with Crippen LogP contribution in [-0.4, -0.2) is 9.91 Å². The number of hydrogen-bond acceptors (Lipinski definition) is 3. The molecular formula is C19H16N2O2. The molecule has 2 aromatic carbocycles. The van der Waals surface area contributed by atoms with Crippen molar-refractivity contribution in [3.63, 3.8) is 0 Å². The molecule has 114 valence electrons. The SMILES string of the molecule is O=[N+]([O-])c1cccc(-c2cc(CC3CC3)cc3cccnc23)c1. The van der Waals surface area contributed by atoms with Gasteiger partial charge in [-0.2, -0.15) is 0 Å². The Labute approximate surface area is 133 Å². The van der Waals surface area contributed by atoms with Gasteiger partial charge in [-0.1, -0.05) is 18.2 Å². The van der Waals surface area contributed by atoms with Crippen molar-refractivity contribution in [2.24, 2.45) is 5.92 Å². The van der Waals surface area contributed by atoms with E-state index in [0.29, 0.717) is 0 Å². The Morgan fingerprint density at radius 2 is 2.00 bits per heavy atom. The molecule has 0 N–H and O–H groups in total. The van der Waals surface area contributed by atoms with E-state index in [1.165, 1.54) is 24.5 Å². The van der Waals surface area contributed by atoms with Crippen LogP contribution in [0.5, 0.6) is 0 Å². The number of non-ortho nitro benzene ring substituents is 1. The van der Waals surface area contributed by atoms with Crippen molar-refractivity contribution in [1.29, 1.82) is 0 Å². The van der Waals surface area contributed by atoms with Crippen molar-refractivity contribution in [3.8, 4) is 11.1 Å². The fourth-order valence-electron chi connectivity index (χ4n) is 3.03. The van der Waals surface area contributed by atoms with Crippen LogP contribution < -0.4 is 0 Å². The van der Waals surface area contributed by atoms with E-state index in [9.17, 15) is 10.1 Å². The normalized spacial score (nSPS) is 14.1. The Morgan fingerprint density at radius 1 is 1.13 bits per heavy atom. The highest BCUT2D eigenvalue weighted by Gasteiger charge is 2.22. The number of pyridine rings is 1. The van der Waals surface area contributed by atoms with Crippen LogP contribution in [0.4, 0.5) is 5.69 Å². The van der Waals surface area contributed by atoms with Crippen molar-refractivity contribution < 1.29 is 4.92 Å². The summed E-state index contributed by atoms with van der Waals surface area (Å²) in [4.78, 5) is 15.2. The quantitative estimate of drug-likeness (QED) is 0.515. The van der Waals surface area contributed by atoms with Gasteiger partial charge in [-0.05, 0) is 54.5 Å². The van der Waals surface area contributed by atoms with E-state index in [1.807, 2.05) is 12.1 Å². The summed E-state index contributed by atoms with van der Waals surface area (Å²) in [5.41, 5.74) is 4.12. The predicted octanol–water partition coefficient (Wildman–Crippen LogP) is 4.76. The van der Waals surface area contributed by atoms with Crippen molar-refractivity contribution >= 4 is 16.6 Å². The zero-order valence-corrected chi connectivity index (χ0v) is 12.6. The minimum absolute atomic E-state index is 0.110. The molecule has 0 unspecified atom stereocenters. The van der Waals surface area contributed by atoms with Gasteiger partial charge in [-0.25, -0.2) is 0 Å². The summed E-state index contributed by atoms with van der Waals surface area (Å²) in [5, 5.41) is 12.1. The summed E-state index contributed by atoms with van der Waals surface area (Å²) in [7, 11) is 0. The van der Waals surface area contributed by atoms with E-state index < -0.39 is 0 Å². The number of rotatable bonds is 4. The third-order valence-electron chi connectivity index (χ3n) is 4.35. The molecule has 3 aromatic rings. The zero-order chi connectivity index (χ0) is 15.8. The standard InChI is InChI=1S/C19H16N2O2/c22-21(23)17-5-1-3-15(12-17)18-11-14(9-13-6-7-13)10-16-4-2-8-20-19(16)18/h1-5,8,10-13H,6-7,9H2. The van der Waals surface area contributed by atoms with Crippen LogP contribution in [0.15, 0.2) is 54.7 Å². The fourth-order valence-corrected chi connectivity index (χ4v) is 3.03. The maximum absolute atomic E-state index is 11.1. The Kier molecular flexibility index (Phi) is 3.30. The van der Waals surface area contributed by atoms with Gasteiger partial charge in [0, 0.05) is 29.3 Å². The molecule has 1 aromatic heterocycles. The van der Waals surface area contributed by atoms with Gasteiger partial charge in [0.2, 0.25) is 0 Å². The highest BCUT2D eigenvalue weighted by molar-refractivity contribution is 5.94. The predicted molar refractivity (Wildman–Crippen MR) is 90.3 cm³/mol. The van der Waals surface area contributed by atoms with Crippen molar-refractivity contribution in [2.75, 3.05) is 0 Å². The van der Waals surface area contributed by atoms with E-state index in [2.05, 4.69) is 23.2 Å². The number of nitro benzene ring substituents is 1. The summed E-state index contributed by atoms with van der Waals surface area (Å²) in [5.74, 6) is 0.794. The van der Waals surface area contributed by atoms with Crippen LogP contribution in [-0.2, 0) is 6.42 Å². The second-order valence-corrected chi connectivity index (χ2v) is 6.17. The molecule has 0 radical (unpaired) electrons. The van der Waals surface area contributed by atoms with Crippen LogP contribution in [0.1, 0.15) is 18.4 Å². The molecule has 4 rings (SSSR count). The average Bonchev–Trinajstić information content (AvgIpc) is 3.38. The van der Waals surface area contributed by atoms with Crippen LogP contribution >= 0.6 is 0 Å². The van der Waals surface area contributed by atoms with Gasteiger partial charge < -0.3 is 0 Å². The minimum Gasteiger partial charge on any atom is -0.258 e. The fraction of sp³-hybridized carbons (Fsp3) is 0.211. The van der Waals surface area contributed by atoms with E-state index in [-0.39, 0.29) is 10.6 Å². The number of fused-ring (bicyclic) bond motifs is 1. The molecule has 1 saturated carbocycles. The third kappa shape index (κ3) is 2.80. The van der Waals surface area contributed by atoms with Crippen LogP contribution in [0, 0.1) is 16.0 Å². The first-order chi connectivity index (χ1) is 11.2. The van der Waals surface area contributed by atoms with Gasteiger partial charge in [-0.15, -0.1) is 0 Å². The third-order valence-corrected chi connectivity index (χ3v) is 4.35. The van der Waals surface area contributed by atoms with Gasteiger partial charge in [0.1, 0.15) is 0 Å². The van der Waals surface area contributed by atoms with Gasteiger partial charge in [-0.3, -0.25) is 15.1 Å². The molecule has 0 aliphatic heterocycles. The van der Waals surface area contributed by atoms with E-state index in [1.54, 1.807) is 18.3 Å². The van der Waals surface area contributed by atoms with E-state index >= 15 is 0 Å². The molecule has 0 amide bonds. The van der Waals surface area contributed by atoms with Gasteiger partial charge in [0.15, 0.2) is 0 Å². The van der Waals surface area contributed by atoms with Gasteiger partial charge >= 0.3 is 0 Å². The summed E-state index contributed by atoms with van der Waals surface area (Å²) in [6.07, 6.45) is 5.45. The van der Waals surface area contributed by atoms with Gasteiger partial charge in [0.25, 0.3) is 5.69 Å². The molecule has 0 bridgehead atoms. The minimum atomic E-state index is -0.354. The van der Waals surface area contributed by atoms with Crippen molar-refractivity contribution in [3.05, 3.63) is 70.4 Å². The molecule has 0 spiro atoms. The van der Waals surface area contributed by atoms with Crippen molar-refractivity contribution in [1.82, 2.24) is 4.98 Å². The number of nitrogens with zero attached hydrogens (tertiary/aromatic N) is 2. The molecule has 1 heterocycles. The van der Waals surface area contributed by atoms with E-state index in [0.717, 1.165) is 34.4 Å². The molecular weight excluding hydrogens is 288 g/mol. The highest BCUT2D eigenvalue weighted by Crippen LogP contribution is 2.36. The van der Waals surface area contributed by atoms with E-state index in [4.69, 9.17) is 0 Å². The topological polar surface area (TPSA) is 56.0 Å². The molecule has 1 fully saturated rings. The summed E-state index contributed by atoms with van der Waals surface area (Å²) < 4.78 is 0.